The van der Waals surface area contributed by atoms with Crippen molar-refractivity contribution in [1.29, 1.82) is 0 Å². The molecule has 0 unspecified atom stereocenters. The number of hydrogen-bond acceptors (Lipinski definition) is 1. The number of rotatable bonds is 0. The fourth-order valence-electron chi connectivity index (χ4n) is 0. The predicted octanol–water partition coefficient (Wildman–Crippen LogP) is -3.55. The molecule has 50 valence electrons. The third-order valence-corrected chi connectivity index (χ3v) is 0.739. The van der Waals surface area contributed by atoms with Crippen LogP contribution in [0.15, 0.2) is 0 Å². The van der Waals surface area contributed by atoms with Crippen LogP contribution in [0.25, 0.3) is 0 Å². The fourth-order valence-corrected chi connectivity index (χ4v) is 0. The van der Waals surface area contributed by atoms with Gasteiger partial charge in [0.1, 0.15) is 0 Å². The molecule has 0 aliphatic heterocycles. The summed E-state index contributed by atoms with van der Waals surface area (Å²) in [5.74, 6) is -0.257. The maximum absolute atomic E-state index is 10.2. The van der Waals surface area contributed by atoms with Gasteiger partial charge in [-0.05, 0) is 0 Å². The van der Waals surface area contributed by atoms with Crippen LogP contribution in [0.3, 0.4) is 0 Å². The van der Waals surface area contributed by atoms with Crippen molar-refractivity contribution in [3.8, 4) is 0 Å². The molecule has 0 aliphatic rings. The number of hydrogen-bond donors (Lipinski definition) is 1. The van der Waals surface area contributed by atoms with Crippen molar-refractivity contribution >= 4 is 23.3 Å². The summed E-state index contributed by atoms with van der Waals surface area (Å²) < 4.78 is 0. The van der Waals surface area contributed by atoms with Gasteiger partial charge in [0.05, 0.1) is 0 Å². The Balaban J connectivity index is -0.0000000600. The van der Waals surface area contributed by atoms with E-state index in [9.17, 15) is 4.79 Å². The molecule has 0 fully saturated rings. The van der Waals surface area contributed by atoms with E-state index in [0.717, 1.165) is 0 Å². The summed E-state index contributed by atoms with van der Waals surface area (Å²) in [6.45, 7) is 5.36. The van der Waals surface area contributed by atoms with Gasteiger partial charge in [-0.25, -0.2) is 0 Å². The van der Waals surface area contributed by atoms with Crippen LogP contribution < -0.4 is 24.6 Å². The zero-order valence-electron chi connectivity index (χ0n) is 6.99. The van der Waals surface area contributed by atoms with Crippen LogP contribution in [0.5, 0.6) is 0 Å². The Labute approximate surface area is 80.4 Å². The predicted molar refractivity (Wildman–Crippen MR) is 39.7 cm³/mol. The molecular weight excluding hydrogens is 124 g/mol. The summed E-state index contributed by atoms with van der Waals surface area (Å²) in [5.41, 5.74) is 4.57. The van der Waals surface area contributed by atoms with E-state index in [1.807, 2.05) is 0 Å². The van der Waals surface area contributed by atoms with Gasteiger partial charge in [-0.15, -0.1) is 0 Å². The second kappa shape index (κ2) is 5.39. The first-order valence-corrected chi connectivity index (χ1v) is 2.24. The second-order valence-corrected chi connectivity index (χ2v) is 2.61. The van der Waals surface area contributed by atoms with E-state index in [1.54, 1.807) is 20.8 Å². The number of carbonyl (C=O) groups excluding carboxylic acids is 1. The molecule has 0 heterocycles. The van der Waals surface area contributed by atoms with Crippen molar-refractivity contribution in [2.24, 2.45) is 11.1 Å². The number of amides is 1. The van der Waals surface area contributed by atoms with Gasteiger partial charge in [0.15, 0.2) is 17.4 Å². The second-order valence-electron chi connectivity index (χ2n) is 2.61. The standard InChI is InChI=1S/C5H11NO.Al.Li.4H/c1-5(2,3)4(6)7;;;;;;/h1-3H3,(H2,6,7);;;;;;/q;;+1;;;;-1. The van der Waals surface area contributed by atoms with Crippen molar-refractivity contribution in [3.63, 3.8) is 0 Å². The maximum atomic E-state index is 10.2. The van der Waals surface area contributed by atoms with E-state index < -0.39 is 0 Å². The summed E-state index contributed by atoms with van der Waals surface area (Å²) in [4.78, 5) is 10.2. The Morgan fingerprint density at radius 1 is 1.44 bits per heavy atom. The van der Waals surface area contributed by atoms with Gasteiger partial charge in [-0.1, -0.05) is 20.8 Å². The third kappa shape index (κ3) is 8.60. The average Bonchev–Trinajstić information content (AvgIpc) is 1.31. The molecule has 4 heteroatoms. The summed E-state index contributed by atoms with van der Waals surface area (Å²) in [6, 6.07) is 0. The van der Waals surface area contributed by atoms with E-state index in [1.165, 1.54) is 0 Å². The van der Waals surface area contributed by atoms with Gasteiger partial charge in [-0.3, -0.25) is 4.79 Å². The van der Waals surface area contributed by atoms with E-state index in [2.05, 4.69) is 0 Å². The van der Waals surface area contributed by atoms with Crippen molar-refractivity contribution in [3.05, 3.63) is 0 Å². The minimum absolute atomic E-state index is 0. The molecule has 0 rings (SSSR count). The van der Waals surface area contributed by atoms with Crippen LogP contribution in [0.2, 0.25) is 0 Å². The van der Waals surface area contributed by atoms with Crippen LogP contribution in [0.1, 0.15) is 22.2 Å². The molecule has 2 nitrogen and oxygen atoms in total. The molecule has 0 saturated heterocycles. The van der Waals surface area contributed by atoms with Crippen LogP contribution in [-0.4, -0.2) is 23.3 Å². The minimum Gasteiger partial charge on any atom is -1.00 e. The molecule has 0 bridgehead atoms. The molecule has 1 amide bonds. The van der Waals surface area contributed by atoms with E-state index >= 15 is 0 Å². The van der Waals surface area contributed by atoms with Crippen molar-refractivity contribution < 1.29 is 25.1 Å². The van der Waals surface area contributed by atoms with E-state index in [0.29, 0.717) is 0 Å². The summed E-state index contributed by atoms with van der Waals surface area (Å²) in [6.07, 6.45) is 0. The Morgan fingerprint density at radius 3 is 1.56 bits per heavy atom. The molecule has 0 aromatic rings. The first-order chi connectivity index (χ1) is 2.94. The van der Waals surface area contributed by atoms with Gasteiger partial charge in [0, 0.05) is 5.41 Å². The molecule has 0 atom stereocenters. The first-order valence-electron chi connectivity index (χ1n) is 2.24. The first kappa shape index (κ1) is 16.3. The molecule has 0 saturated carbocycles. The Morgan fingerprint density at radius 2 is 1.56 bits per heavy atom. The van der Waals surface area contributed by atoms with E-state index in [-0.39, 0.29) is 49.0 Å². The topological polar surface area (TPSA) is 43.1 Å². The summed E-state index contributed by atoms with van der Waals surface area (Å²) in [7, 11) is 0. The van der Waals surface area contributed by atoms with Gasteiger partial charge < -0.3 is 7.16 Å². The van der Waals surface area contributed by atoms with Gasteiger partial charge in [-0.2, -0.15) is 0 Å². The van der Waals surface area contributed by atoms with Crippen LogP contribution in [0.4, 0.5) is 0 Å². The molecule has 0 radical (unpaired) electrons. The molecule has 0 aliphatic carbocycles. The minimum atomic E-state index is -0.361. The number of nitrogens with two attached hydrogens (primary N) is 1. The Hall–Kier alpha value is 0.600. The Bertz CT molecular complexity index is 94.1. The molecule has 9 heavy (non-hydrogen) atoms. The van der Waals surface area contributed by atoms with Crippen molar-refractivity contribution in [2.75, 3.05) is 0 Å². The van der Waals surface area contributed by atoms with Crippen molar-refractivity contribution in [2.45, 2.75) is 20.8 Å². The maximum Gasteiger partial charge on any atom is 1.00 e. The molecule has 0 spiro atoms. The summed E-state index contributed by atoms with van der Waals surface area (Å²) in [5, 5.41) is 0. The van der Waals surface area contributed by atoms with Crippen molar-refractivity contribution in [1.82, 2.24) is 0 Å². The van der Waals surface area contributed by atoms with Gasteiger partial charge in [0.2, 0.25) is 5.91 Å². The quantitative estimate of drug-likeness (QED) is 0.347. The molecular formula is C5H15AlLiNO. The Kier molecular flexibility index (Phi) is 9.76. The van der Waals surface area contributed by atoms with Gasteiger partial charge in [0.25, 0.3) is 0 Å². The molecule has 0 aromatic heterocycles. The zero-order valence-corrected chi connectivity index (χ0v) is 5.99. The summed E-state index contributed by atoms with van der Waals surface area (Å²) >= 11 is 0. The van der Waals surface area contributed by atoms with Crippen LogP contribution in [0, 0.1) is 5.41 Å². The smallest absolute Gasteiger partial charge is 1.00 e. The normalized spacial score (nSPS) is 8.78. The SMILES string of the molecule is CC(C)(C)C(N)=O.[AlH3].[H-].[Li+]. The largest absolute Gasteiger partial charge is 1.00 e. The molecule has 0 aromatic carbocycles. The number of carbonyl (C=O) groups is 1. The van der Waals surface area contributed by atoms with Crippen LogP contribution in [-0.2, 0) is 4.79 Å². The zero-order chi connectivity index (χ0) is 6.08. The van der Waals surface area contributed by atoms with Gasteiger partial charge >= 0.3 is 18.9 Å². The third-order valence-electron chi connectivity index (χ3n) is 0.739. The number of primary amides is 1. The fraction of sp³-hybridized carbons (Fsp3) is 0.800. The monoisotopic (exact) mass is 139 g/mol. The van der Waals surface area contributed by atoms with E-state index in [4.69, 9.17) is 5.73 Å². The molecule has 2 N–H and O–H groups in total. The average molecular weight is 139 g/mol. The van der Waals surface area contributed by atoms with Crippen LogP contribution >= 0.6 is 0 Å².